The number of anilines is 1. The van der Waals surface area contributed by atoms with Gasteiger partial charge in [-0.15, -0.1) is 0 Å². The Morgan fingerprint density at radius 3 is 2.60 bits per heavy atom. The van der Waals surface area contributed by atoms with Crippen molar-refractivity contribution in [2.45, 2.75) is 102 Å². The van der Waals surface area contributed by atoms with Crippen LogP contribution in [0.2, 0.25) is 23.2 Å². The molecule has 0 radical (unpaired) electrons. The van der Waals surface area contributed by atoms with Crippen molar-refractivity contribution in [2.24, 2.45) is 29.4 Å². The van der Waals surface area contributed by atoms with E-state index in [0.717, 1.165) is 74.6 Å². The molecule has 0 unspecified atom stereocenters. The van der Waals surface area contributed by atoms with E-state index in [4.69, 9.17) is 31.2 Å². The average Bonchev–Trinajstić information content (AvgIpc) is 3.17. The van der Waals surface area contributed by atoms with Gasteiger partial charge in [0.2, 0.25) is 0 Å². The van der Waals surface area contributed by atoms with Crippen LogP contribution >= 0.6 is 11.6 Å². The van der Waals surface area contributed by atoms with Gasteiger partial charge in [0.15, 0.2) is 8.32 Å². The molecular weight excluding hydrogens is 636 g/mol. The second kappa shape index (κ2) is 14.1. The quantitative estimate of drug-likeness (QED) is 0.152. The molecule has 48 heavy (non-hydrogen) atoms. The van der Waals surface area contributed by atoms with Gasteiger partial charge in [-0.25, -0.2) is 4.79 Å². The Labute approximate surface area is 294 Å². The van der Waals surface area contributed by atoms with E-state index in [9.17, 15) is 4.79 Å². The van der Waals surface area contributed by atoms with E-state index in [1.807, 2.05) is 24.3 Å². The van der Waals surface area contributed by atoms with Gasteiger partial charge in [-0.1, -0.05) is 50.6 Å². The molecule has 6 rings (SSSR count). The number of fused-ring (bicyclic) bond motifs is 3. The molecule has 1 aliphatic heterocycles. The number of benzene rings is 2. The molecule has 2 aromatic carbocycles. The van der Waals surface area contributed by atoms with Crippen molar-refractivity contribution in [1.29, 1.82) is 0 Å². The molecule has 6 atom stereocenters. The first-order valence-corrected chi connectivity index (χ1v) is 21.6. The number of hydrogen-bond donors (Lipinski definition) is 1. The van der Waals surface area contributed by atoms with E-state index in [1.165, 1.54) is 31.1 Å². The lowest BCUT2D eigenvalue weighted by atomic mass is 9.68. The standard InChI is InChI=1S/C40H57ClN2O4Si/c1-39(2,3)48(5,6)47-36(17-12-27-9-10-28(27)19-21-42)33-15-11-31(33)24-43-25-40(20-7-8-29-22-32(41)14-16-34(29)40)26-46-37-18-13-30(23-35(37)43)38(44)45-4/h12-14,16-18,22-23,27-28,31,33,36H,7-11,15,19-21,24-26,42H2,1-6H3/b17-12+/t27-,28-,31+,33-,36+,40+/m1/s1. The maximum atomic E-state index is 12.7. The summed E-state index contributed by atoms with van der Waals surface area (Å²) >= 11 is 6.49. The minimum atomic E-state index is -2.02. The molecule has 1 heterocycles. The minimum Gasteiger partial charge on any atom is -0.490 e. The van der Waals surface area contributed by atoms with Crippen LogP contribution in [0.25, 0.3) is 0 Å². The number of nitrogens with two attached hydrogens (primary N) is 1. The second-order valence-electron chi connectivity index (χ2n) is 16.6. The van der Waals surface area contributed by atoms with E-state index in [-0.39, 0.29) is 22.5 Å². The fraction of sp³-hybridized carbons (Fsp3) is 0.625. The average molecular weight is 693 g/mol. The number of halogens is 1. The van der Waals surface area contributed by atoms with Crippen LogP contribution < -0.4 is 15.4 Å². The van der Waals surface area contributed by atoms with Crippen molar-refractivity contribution >= 4 is 31.6 Å². The van der Waals surface area contributed by atoms with E-state index >= 15 is 0 Å². The Morgan fingerprint density at radius 1 is 1.15 bits per heavy atom. The van der Waals surface area contributed by atoms with Gasteiger partial charge in [0.25, 0.3) is 0 Å². The first kappa shape index (κ1) is 35.5. The summed E-state index contributed by atoms with van der Waals surface area (Å²) < 4.78 is 19.1. The number of carbonyl (C=O) groups excluding carboxylic acids is 1. The molecular formula is C40H57ClN2O4Si. The Balaban J connectivity index is 1.32. The van der Waals surface area contributed by atoms with Gasteiger partial charge in [0, 0.05) is 23.5 Å². The van der Waals surface area contributed by atoms with Crippen LogP contribution in [0, 0.1) is 23.7 Å². The Hall–Kier alpha value is -2.32. The van der Waals surface area contributed by atoms with E-state index in [1.54, 1.807) is 0 Å². The topological polar surface area (TPSA) is 74.0 Å². The van der Waals surface area contributed by atoms with Crippen LogP contribution in [0.5, 0.6) is 5.75 Å². The lowest BCUT2D eigenvalue weighted by Crippen LogP contribution is -2.52. The van der Waals surface area contributed by atoms with Gasteiger partial charge in [0.05, 0.1) is 31.1 Å². The molecule has 0 bridgehead atoms. The van der Waals surface area contributed by atoms with Crippen molar-refractivity contribution in [3.05, 3.63) is 70.3 Å². The zero-order chi connectivity index (χ0) is 34.3. The number of aryl methyl sites for hydroxylation is 1. The molecule has 0 amide bonds. The number of methoxy groups -OCH3 is 1. The van der Waals surface area contributed by atoms with Crippen LogP contribution in [-0.2, 0) is 21.0 Å². The monoisotopic (exact) mass is 692 g/mol. The summed E-state index contributed by atoms with van der Waals surface area (Å²) in [5, 5.41) is 0.920. The first-order chi connectivity index (χ1) is 22.8. The molecule has 2 N–H and O–H groups in total. The lowest BCUT2D eigenvalue weighted by molar-refractivity contribution is 0.0517. The van der Waals surface area contributed by atoms with Crippen LogP contribution in [-0.4, -0.2) is 53.7 Å². The summed E-state index contributed by atoms with van der Waals surface area (Å²) in [6.45, 7) is 14.9. The third-order valence-corrected chi connectivity index (χ3v) is 17.3. The second-order valence-corrected chi connectivity index (χ2v) is 21.8. The summed E-state index contributed by atoms with van der Waals surface area (Å²) in [6, 6.07) is 12.2. The summed E-state index contributed by atoms with van der Waals surface area (Å²) in [5.74, 6) is 2.73. The summed E-state index contributed by atoms with van der Waals surface area (Å²) in [7, 11) is -0.582. The Kier molecular flexibility index (Phi) is 10.4. The first-order valence-electron chi connectivity index (χ1n) is 18.3. The van der Waals surface area contributed by atoms with E-state index < -0.39 is 8.32 Å². The summed E-state index contributed by atoms with van der Waals surface area (Å²) in [4.78, 5) is 15.3. The Morgan fingerprint density at radius 2 is 1.94 bits per heavy atom. The number of ether oxygens (including phenoxy) is 2. The smallest absolute Gasteiger partial charge is 0.337 e. The van der Waals surface area contributed by atoms with Gasteiger partial charge in [-0.2, -0.15) is 0 Å². The molecule has 3 aliphatic carbocycles. The molecule has 2 saturated carbocycles. The number of rotatable bonds is 10. The van der Waals surface area contributed by atoms with Gasteiger partial charge in [-0.3, -0.25) is 0 Å². The van der Waals surface area contributed by atoms with Crippen molar-refractivity contribution < 1.29 is 18.7 Å². The van der Waals surface area contributed by atoms with Crippen molar-refractivity contribution in [2.75, 3.05) is 38.3 Å². The van der Waals surface area contributed by atoms with E-state index in [2.05, 4.69) is 63.0 Å². The third kappa shape index (κ3) is 7.12. The van der Waals surface area contributed by atoms with Gasteiger partial charge in [0.1, 0.15) is 5.75 Å². The maximum absolute atomic E-state index is 12.7. The van der Waals surface area contributed by atoms with Crippen LogP contribution in [0.3, 0.4) is 0 Å². The summed E-state index contributed by atoms with van der Waals surface area (Å²) in [5.41, 5.74) is 10.0. The number of esters is 1. The zero-order valence-electron chi connectivity index (χ0n) is 30.0. The Bertz CT molecular complexity index is 1500. The normalized spacial score (nSPS) is 27.7. The molecule has 0 saturated heterocycles. The highest BCUT2D eigenvalue weighted by Gasteiger charge is 2.47. The largest absolute Gasteiger partial charge is 0.490 e. The van der Waals surface area contributed by atoms with Gasteiger partial charge in [-0.05, 0) is 141 Å². The van der Waals surface area contributed by atoms with Crippen molar-refractivity contribution in [3.63, 3.8) is 0 Å². The molecule has 1 spiro atoms. The molecule has 0 aromatic heterocycles. The molecule has 4 aliphatic rings. The highest BCUT2D eigenvalue weighted by molar-refractivity contribution is 6.74. The lowest BCUT2D eigenvalue weighted by Gasteiger charge is -2.48. The maximum Gasteiger partial charge on any atom is 0.337 e. The minimum absolute atomic E-state index is 0.0966. The predicted octanol–water partition coefficient (Wildman–Crippen LogP) is 8.95. The highest BCUT2D eigenvalue weighted by Crippen LogP contribution is 2.48. The molecule has 2 fully saturated rings. The van der Waals surface area contributed by atoms with Crippen LogP contribution in [0.1, 0.15) is 87.2 Å². The van der Waals surface area contributed by atoms with Crippen LogP contribution in [0.15, 0.2) is 48.6 Å². The summed E-state index contributed by atoms with van der Waals surface area (Å²) in [6.07, 6.45) is 14.2. The zero-order valence-corrected chi connectivity index (χ0v) is 31.8. The van der Waals surface area contributed by atoms with E-state index in [0.29, 0.717) is 35.8 Å². The molecule has 6 nitrogen and oxygen atoms in total. The fourth-order valence-electron chi connectivity index (χ4n) is 8.36. The van der Waals surface area contributed by atoms with Crippen LogP contribution in [0.4, 0.5) is 5.69 Å². The predicted molar refractivity (Wildman–Crippen MR) is 199 cm³/mol. The number of allylic oxidation sites excluding steroid dienone is 1. The van der Waals surface area contributed by atoms with Crippen molar-refractivity contribution in [3.8, 4) is 5.75 Å². The van der Waals surface area contributed by atoms with Gasteiger partial charge >= 0.3 is 5.97 Å². The van der Waals surface area contributed by atoms with Gasteiger partial charge < -0.3 is 24.5 Å². The fourth-order valence-corrected chi connectivity index (χ4v) is 9.84. The number of nitrogens with zero attached hydrogens (tertiary/aromatic N) is 1. The number of carbonyl (C=O) groups is 1. The third-order valence-electron chi connectivity index (χ3n) is 12.6. The highest BCUT2D eigenvalue weighted by atomic mass is 35.5. The molecule has 262 valence electrons. The molecule has 8 heteroatoms. The SMILES string of the molecule is COC(=O)c1ccc2c(c1)N(C[C@@H]1CC[C@H]1[C@H](/C=C/[C@H]1CC[C@@H]1CCN)O[Si](C)(C)C(C)(C)C)C[C@@]1(CCCc3cc(Cl)ccc31)CO2. The molecule has 2 aromatic rings. The number of hydrogen-bond acceptors (Lipinski definition) is 6. The van der Waals surface area contributed by atoms with Crippen molar-refractivity contribution in [1.82, 2.24) is 0 Å².